The van der Waals surface area contributed by atoms with E-state index in [4.69, 9.17) is 4.74 Å². The van der Waals surface area contributed by atoms with Crippen molar-refractivity contribution in [3.05, 3.63) is 29.6 Å². The van der Waals surface area contributed by atoms with E-state index < -0.39 is 0 Å². The van der Waals surface area contributed by atoms with E-state index in [1.807, 2.05) is 6.07 Å². The second-order valence-corrected chi connectivity index (χ2v) is 7.04. The summed E-state index contributed by atoms with van der Waals surface area (Å²) in [5.74, 6) is -0.182. The highest BCUT2D eigenvalue weighted by Crippen LogP contribution is 2.26. The number of nitrogens with one attached hydrogen (secondary N) is 1. The van der Waals surface area contributed by atoms with Crippen molar-refractivity contribution in [1.29, 1.82) is 0 Å². The molecule has 118 valence electrons. The third-order valence-electron chi connectivity index (χ3n) is 3.61. The van der Waals surface area contributed by atoms with Crippen molar-refractivity contribution in [3.8, 4) is 0 Å². The maximum atomic E-state index is 13.6. The SMILES string of the molecule is C[C@@H]1CN(c2ccc(F)cc2CNC(C)(C)C)C[C@H](C)O1. The van der Waals surface area contributed by atoms with E-state index in [0.29, 0.717) is 6.54 Å². The Morgan fingerprint density at radius 1 is 1.24 bits per heavy atom. The molecule has 1 N–H and O–H groups in total. The minimum absolute atomic E-state index is 0.00911. The average molecular weight is 294 g/mol. The molecular formula is C17H27FN2O. The summed E-state index contributed by atoms with van der Waals surface area (Å²) in [6.45, 7) is 12.9. The first kappa shape index (κ1) is 16.2. The van der Waals surface area contributed by atoms with E-state index in [1.165, 1.54) is 0 Å². The second-order valence-electron chi connectivity index (χ2n) is 7.04. The predicted octanol–water partition coefficient (Wildman–Crippen LogP) is 3.33. The molecule has 2 rings (SSSR count). The molecule has 1 aliphatic heterocycles. The fourth-order valence-corrected chi connectivity index (χ4v) is 2.74. The van der Waals surface area contributed by atoms with Gasteiger partial charge < -0.3 is 15.0 Å². The summed E-state index contributed by atoms with van der Waals surface area (Å²) in [7, 11) is 0. The first-order valence-corrected chi connectivity index (χ1v) is 7.68. The minimum atomic E-state index is -0.182. The number of anilines is 1. The van der Waals surface area contributed by atoms with Gasteiger partial charge in [0.25, 0.3) is 0 Å². The maximum absolute atomic E-state index is 13.6. The van der Waals surface area contributed by atoms with Crippen LogP contribution in [-0.2, 0) is 11.3 Å². The quantitative estimate of drug-likeness (QED) is 0.925. The van der Waals surface area contributed by atoms with Crippen LogP contribution in [0.4, 0.5) is 10.1 Å². The molecule has 0 aromatic heterocycles. The van der Waals surface area contributed by atoms with Gasteiger partial charge >= 0.3 is 0 Å². The van der Waals surface area contributed by atoms with Gasteiger partial charge in [0, 0.05) is 30.9 Å². The number of ether oxygens (including phenoxy) is 1. The fraction of sp³-hybridized carbons (Fsp3) is 0.647. The van der Waals surface area contributed by atoms with Gasteiger partial charge in [-0.05, 0) is 58.4 Å². The van der Waals surface area contributed by atoms with Crippen LogP contribution < -0.4 is 10.2 Å². The van der Waals surface area contributed by atoms with Gasteiger partial charge in [0.1, 0.15) is 5.82 Å². The number of hydrogen-bond donors (Lipinski definition) is 1. The molecule has 1 aromatic rings. The molecule has 0 spiro atoms. The Morgan fingerprint density at radius 3 is 2.43 bits per heavy atom. The summed E-state index contributed by atoms with van der Waals surface area (Å²) in [5.41, 5.74) is 2.12. The monoisotopic (exact) mass is 294 g/mol. The fourth-order valence-electron chi connectivity index (χ4n) is 2.74. The zero-order valence-corrected chi connectivity index (χ0v) is 13.7. The molecule has 0 bridgehead atoms. The van der Waals surface area contributed by atoms with Gasteiger partial charge in [-0.15, -0.1) is 0 Å². The van der Waals surface area contributed by atoms with E-state index in [9.17, 15) is 4.39 Å². The molecule has 3 nitrogen and oxygen atoms in total. The van der Waals surface area contributed by atoms with Gasteiger partial charge in [-0.1, -0.05) is 0 Å². The van der Waals surface area contributed by atoms with E-state index in [1.54, 1.807) is 12.1 Å². The summed E-state index contributed by atoms with van der Waals surface area (Å²) in [4.78, 5) is 2.30. The number of hydrogen-bond acceptors (Lipinski definition) is 3. The molecule has 4 heteroatoms. The van der Waals surface area contributed by atoms with Crippen LogP contribution in [0.3, 0.4) is 0 Å². The lowest BCUT2D eigenvalue weighted by molar-refractivity contribution is -0.00527. The summed E-state index contributed by atoms with van der Waals surface area (Å²) < 4.78 is 19.4. The molecule has 2 atom stereocenters. The Kier molecular flexibility index (Phi) is 4.89. The van der Waals surface area contributed by atoms with Gasteiger partial charge in [-0.2, -0.15) is 0 Å². The van der Waals surface area contributed by atoms with Crippen LogP contribution in [0.2, 0.25) is 0 Å². The number of halogens is 1. The summed E-state index contributed by atoms with van der Waals surface area (Å²) in [6.07, 6.45) is 0.393. The summed E-state index contributed by atoms with van der Waals surface area (Å²) >= 11 is 0. The molecule has 1 heterocycles. The predicted molar refractivity (Wildman–Crippen MR) is 85.2 cm³/mol. The van der Waals surface area contributed by atoms with Crippen molar-refractivity contribution in [3.63, 3.8) is 0 Å². The molecule has 0 radical (unpaired) electrons. The number of benzene rings is 1. The van der Waals surface area contributed by atoms with Crippen LogP contribution in [-0.4, -0.2) is 30.8 Å². The summed E-state index contributed by atoms with van der Waals surface area (Å²) in [6, 6.07) is 5.07. The lowest BCUT2D eigenvalue weighted by Gasteiger charge is -2.38. The molecule has 0 aliphatic carbocycles. The van der Waals surface area contributed by atoms with Gasteiger partial charge in [-0.25, -0.2) is 4.39 Å². The Morgan fingerprint density at radius 2 is 1.86 bits per heavy atom. The van der Waals surface area contributed by atoms with E-state index in [0.717, 1.165) is 24.3 Å². The van der Waals surface area contributed by atoms with Crippen LogP contribution in [0.25, 0.3) is 0 Å². The van der Waals surface area contributed by atoms with Crippen LogP contribution in [0.5, 0.6) is 0 Å². The van der Waals surface area contributed by atoms with Crippen LogP contribution in [0.1, 0.15) is 40.2 Å². The lowest BCUT2D eigenvalue weighted by atomic mass is 10.1. The van der Waals surface area contributed by atoms with Crippen molar-refractivity contribution in [2.75, 3.05) is 18.0 Å². The minimum Gasteiger partial charge on any atom is -0.372 e. The molecule has 1 aliphatic rings. The third kappa shape index (κ3) is 4.68. The van der Waals surface area contributed by atoms with Crippen molar-refractivity contribution in [2.24, 2.45) is 0 Å². The largest absolute Gasteiger partial charge is 0.372 e. The Hall–Kier alpha value is -1.13. The van der Waals surface area contributed by atoms with Crippen molar-refractivity contribution >= 4 is 5.69 Å². The number of nitrogens with zero attached hydrogens (tertiary/aromatic N) is 1. The van der Waals surface area contributed by atoms with Crippen molar-refractivity contribution in [2.45, 2.75) is 58.9 Å². The van der Waals surface area contributed by atoms with Crippen LogP contribution >= 0.6 is 0 Å². The first-order valence-electron chi connectivity index (χ1n) is 7.68. The standard InChI is InChI=1S/C17H27FN2O/c1-12-10-20(11-13(2)21-12)16-7-6-15(18)8-14(16)9-19-17(3,4)5/h6-8,12-13,19H,9-11H2,1-5H3/t12-,13+. The molecule has 0 unspecified atom stereocenters. The zero-order valence-electron chi connectivity index (χ0n) is 13.7. The molecule has 1 fully saturated rings. The van der Waals surface area contributed by atoms with Crippen LogP contribution in [0.15, 0.2) is 18.2 Å². The second kappa shape index (κ2) is 6.32. The van der Waals surface area contributed by atoms with E-state index in [-0.39, 0.29) is 23.6 Å². The Bertz CT molecular complexity index is 474. The van der Waals surface area contributed by atoms with Gasteiger partial charge in [0.2, 0.25) is 0 Å². The van der Waals surface area contributed by atoms with Crippen molar-refractivity contribution in [1.82, 2.24) is 5.32 Å². The third-order valence-corrected chi connectivity index (χ3v) is 3.61. The average Bonchev–Trinajstić information content (AvgIpc) is 2.34. The van der Waals surface area contributed by atoms with Crippen molar-refractivity contribution < 1.29 is 9.13 Å². The number of morpholine rings is 1. The summed E-state index contributed by atoms with van der Waals surface area (Å²) in [5, 5.41) is 3.44. The van der Waals surface area contributed by atoms with Gasteiger partial charge in [0.15, 0.2) is 0 Å². The van der Waals surface area contributed by atoms with E-state index >= 15 is 0 Å². The van der Waals surface area contributed by atoms with Gasteiger partial charge in [0.05, 0.1) is 12.2 Å². The number of rotatable bonds is 3. The molecular weight excluding hydrogens is 267 g/mol. The highest BCUT2D eigenvalue weighted by Gasteiger charge is 2.24. The first-order chi connectivity index (χ1) is 9.74. The Labute approximate surface area is 127 Å². The molecule has 1 saturated heterocycles. The maximum Gasteiger partial charge on any atom is 0.123 e. The Balaban J connectivity index is 2.21. The van der Waals surface area contributed by atoms with Gasteiger partial charge in [-0.3, -0.25) is 0 Å². The van der Waals surface area contributed by atoms with Crippen LogP contribution in [0, 0.1) is 5.82 Å². The molecule has 0 saturated carbocycles. The highest BCUT2D eigenvalue weighted by molar-refractivity contribution is 5.54. The molecule has 1 aromatic carbocycles. The molecule has 21 heavy (non-hydrogen) atoms. The topological polar surface area (TPSA) is 24.5 Å². The van der Waals surface area contributed by atoms with E-state index in [2.05, 4.69) is 44.8 Å². The zero-order chi connectivity index (χ0) is 15.6. The smallest absolute Gasteiger partial charge is 0.123 e. The highest BCUT2D eigenvalue weighted by atomic mass is 19.1. The lowest BCUT2D eigenvalue weighted by Crippen LogP contribution is -2.46. The normalized spacial score (nSPS) is 23.4. The molecule has 0 amide bonds.